The fraction of sp³-hybridized carbons (Fsp3) is 0.0645. The minimum absolute atomic E-state index is 0.0505. The Hall–Kier alpha value is -4.69. The first-order valence-corrected chi connectivity index (χ1v) is 12.6. The maximum atomic E-state index is 13.5. The Labute approximate surface area is 232 Å². The second kappa shape index (κ2) is 11.2. The number of pyridine rings is 1. The SMILES string of the molecule is O=C(Nc1nc2ccccc2cc1C(=O)NCc1cccc(Cl)c1)c1ccccc1-c1ccc(C(F)(F)F)cc1. The van der Waals surface area contributed by atoms with Gasteiger partial charge in [0.25, 0.3) is 11.8 Å². The lowest BCUT2D eigenvalue weighted by atomic mass is 9.98. The number of hydrogen-bond acceptors (Lipinski definition) is 3. The molecule has 0 spiro atoms. The maximum absolute atomic E-state index is 13.5. The molecule has 0 unspecified atom stereocenters. The molecular weight excluding hydrogens is 539 g/mol. The summed E-state index contributed by atoms with van der Waals surface area (Å²) in [6, 6.07) is 27.0. The molecule has 5 rings (SSSR count). The average Bonchev–Trinajstić information content (AvgIpc) is 2.95. The summed E-state index contributed by atoms with van der Waals surface area (Å²) in [5.74, 6) is -0.971. The van der Waals surface area contributed by atoms with Gasteiger partial charge in [-0.2, -0.15) is 13.2 Å². The standard InChI is InChI=1S/C31H21ClF3N3O2/c32-23-8-5-6-19(16-23)18-36-29(39)26-17-21-7-1-4-11-27(21)37-28(26)38-30(40)25-10-3-2-9-24(25)20-12-14-22(15-13-20)31(33,34)35/h1-17H,18H2,(H,36,39)(H,37,38,40). The average molecular weight is 560 g/mol. The van der Waals surface area contributed by atoms with E-state index in [1.165, 1.54) is 12.1 Å². The molecule has 200 valence electrons. The summed E-state index contributed by atoms with van der Waals surface area (Å²) in [5, 5.41) is 6.82. The zero-order chi connectivity index (χ0) is 28.3. The molecule has 0 aliphatic heterocycles. The number of nitrogens with zero attached hydrogens (tertiary/aromatic N) is 1. The van der Waals surface area contributed by atoms with E-state index >= 15 is 0 Å². The number of carbonyl (C=O) groups is 2. The fourth-order valence-electron chi connectivity index (χ4n) is 4.26. The molecule has 2 N–H and O–H groups in total. The zero-order valence-corrected chi connectivity index (χ0v) is 21.6. The van der Waals surface area contributed by atoms with Crippen LogP contribution in [0.25, 0.3) is 22.0 Å². The number of fused-ring (bicyclic) bond motifs is 1. The lowest BCUT2D eigenvalue weighted by Crippen LogP contribution is -2.25. The molecule has 0 bridgehead atoms. The van der Waals surface area contributed by atoms with Gasteiger partial charge >= 0.3 is 6.18 Å². The van der Waals surface area contributed by atoms with Crippen molar-refractivity contribution in [2.45, 2.75) is 12.7 Å². The van der Waals surface area contributed by atoms with Crippen molar-refractivity contribution in [1.82, 2.24) is 10.3 Å². The van der Waals surface area contributed by atoms with Gasteiger partial charge in [0.2, 0.25) is 0 Å². The van der Waals surface area contributed by atoms with Crippen LogP contribution in [0.1, 0.15) is 31.8 Å². The zero-order valence-electron chi connectivity index (χ0n) is 20.8. The summed E-state index contributed by atoms with van der Waals surface area (Å²) < 4.78 is 39.1. The smallest absolute Gasteiger partial charge is 0.348 e. The number of para-hydroxylation sites is 1. The summed E-state index contributed by atoms with van der Waals surface area (Å²) in [7, 11) is 0. The van der Waals surface area contributed by atoms with Gasteiger partial charge in [-0.3, -0.25) is 9.59 Å². The number of amides is 2. The molecule has 1 heterocycles. The second-order valence-electron chi connectivity index (χ2n) is 8.96. The monoisotopic (exact) mass is 559 g/mol. The van der Waals surface area contributed by atoms with E-state index in [4.69, 9.17) is 11.6 Å². The molecule has 1 aromatic heterocycles. The van der Waals surface area contributed by atoms with Gasteiger partial charge in [0.1, 0.15) is 5.82 Å². The molecular formula is C31H21ClF3N3O2. The van der Waals surface area contributed by atoms with Gasteiger partial charge in [0.15, 0.2) is 0 Å². The Kier molecular flexibility index (Phi) is 7.53. The molecule has 2 amide bonds. The predicted molar refractivity (Wildman–Crippen MR) is 149 cm³/mol. The van der Waals surface area contributed by atoms with E-state index < -0.39 is 23.6 Å². The van der Waals surface area contributed by atoms with Crippen LogP contribution in [-0.2, 0) is 12.7 Å². The molecule has 5 nitrogen and oxygen atoms in total. The van der Waals surface area contributed by atoms with Crippen LogP contribution in [0.4, 0.5) is 19.0 Å². The Morgan fingerprint density at radius 1 is 0.775 bits per heavy atom. The normalized spacial score (nSPS) is 11.3. The molecule has 0 aliphatic rings. The molecule has 0 saturated heterocycles. The van der Waals surface area contributed by atoms with E-state index in [-0.39, 0.29) is 23.5 Å². The first kappa shape index (κ1) is 26.9. The predicted octanol–water partition coefficient (Wildman–Crippen LogP) is 7.76. The Morgan fingerprint density at radius 2 is 1.50 bits per heavy atom. The van der Waals surface area contributed by atoms with Crippen LogP contribution in [0.15, 0.2) is 103 Å². The molecule has 9 heteroatoms. The third kappa shape index (κ3) is 5.97. The lowest BCUT2D eigenvalue weighted by molar-refractivity contribution is -0.137. The highest BCUT2D eigenvalue weighted by atomic mass is 35.5. The summed E-state index contributed by atoms with van der Waals surface area (Å²) in [6.07, 6.45) is -4.47. The lowest BCUT2D eigenvalue weighted by Gasteiger charge is -2.14. The molecule has 0 atom stereocenters. The summed E-state index contributed by atoms with van der Waals surface area (Å²) >= 11 is 6.05. The van der Waals surface area contributed by atoms with E-state index in [9.17, 15) is 22.8 Å². The number of anilines is 1. The van der Waals surface area contributed by atoms with Gasteiger partial charge in [-0.15, -0.1) is 0 Å². The molecule has 0 aliphatic carbocycles. The Balaban J connectivity index is 1.46. The highest BCUT2D eigenvalue weighted by molar-refractivity contribution is 6.30. The number of halogens is 4. The molecule has 0 fully saturated rings. The van der Waals surface area contributed by atoms with Crippen molar-refractivity contribution in [3.05, 3.63) is 130 Å². The van der Waals surface area contributed by atoms with Crippen LogP contribution in [0.5, 0.6) is 0 Å². The maximum Gasteiger partial charge on any atom is 0.416 e. The van der Waals surface area contributed by atoms with Gasteiger partial charge in [0.05, 0.1) is 16.6 Å². The molecule has 0 radical (unpaired) electrons. The number of rotatable bonds is 6. The second-order valence-corrected chi connectivity index (χ2v) is 9.40. The number of hydrogen-bond donors (Lipinski definition) is 2. The van der Waals surface area contributed by atoms with Crippen molar-refractivity contribution in [3.8, 4) is 11.1 Å². The van der Waals surface area contributed by atoms with E-state index in [2.05, 4.69) is 15.6 Å². The first-order valence-electron chi connectivity index (χ1n) is 12.2. The third-order valence-corrected chi connectivity index (χ3v) is 6.47. The van der Waals surface area contributed by atoms with Crippen LogP contribution in [0, 0.1) is 0 Å². The largest absolute Gasteiger partial charge is 0.416 e. The third-order valence-electron chi connectivity index (χ3n) is 6.24. The Morgan fingerprint density at radius 3 is 2.25 bits per heavy atom. The van der Waals surface area contributed by atoms with Crippen molar-refractivity contribution in [2.24, 2.45) is 0 Å². The van der Waals surface area contributed by atoms with E-state index in [1.807, 2.05) is 18.2 Å². The number of alkyl halides is 3. The fourth-order valence-corrected chi connectivity index (χ4v) is 4.47. The highest BCUT2D eigenvalue weighted by Gasteiger charge is 2.30. The topological polar surface area (TPSA) is 71.1 Å². The van der Waals surface area contributed by atoms with Crippen LogP contribution in [-0.4, -0.2) is 16.8 Å². The van der Waals surface area contributed by atoms with Crippen LogP contribution in [0.2, 0.25) is 5.02 Å². The van der Waals surface area contributed by atoms with E-state index in [1.54, 1.807) is 60.7 Å². The number of benzene rings is 4. The van der Waals surface area contributed by atoms with Gasteiger partial charge in [-0.25, -0.2) is 4.98 Å². The van der Waals surface area contributed by atoms with E-state index in [0.717, 1.165) is 17.7 Å². The van der Waals surface area contributed by atoms with Crippen molar-refractivity contribution >= 4 is 40.1 Å². The number of nitrogens with one attached hydrogen (secondary N) is 2. The minimum Gasteiger partial charge on any atom is -0.348 e. The van der Waals surface area contributed by atoms with Crippen molar-refractivity contribution in [3.63, 3.8) is 0 Å². The van der Waals surface area contributed by atoms with Crippen molar-refractivity contribution < 1.29 is 22.8 Å². The van der Waals surface area contributed by atoms with Crippen LogP contribution in [0.3, 0.4) is 0 Å². The highest BCUT2D eigenvalue weighted by Crippen LogP contribution is 2.32. The number of aromatic nitrogens is 1. The first-order chi connectivity index (χ1) is 19.2. The van der Waals surface area contributed by atoms with Gasteiger partial charge in [0, 0.05) is 22.5 Å². The number of carbonyl (C=O) groups excluding carboxylic acids is 2. The Bertz CT molecular complexity index is 1720. The van der Waals surface area contributed by atoms with Gasteiger partial charge in [-0.05, 0) is 59.2 Å². The van der Waals surface area contributed by atoms with Gasteiger partial charge in [-0.1, -0.05) is 72.3 Å². The summed E-state index contributed by atoms with van der Waals surface area (Å²) in [4.78, 5) is 31.3. The van der Waals surface area contributed by atoms with Crippen molar-refractivity contribution in [2.75, 3.05) is 5.32 Å². The van der Waals surface area contributed by atoms with Gasteiger partial charge < -0.3 is 10.6 Å². The van der Waals surface area contributed by atoms with Crippen LogP contribution < -0.4 is 10.6 Å². The molecule has 4 aromatic carbocycles. The molecule has 40 heavy (non-hydrogen) atoms. The van der Waals surface area contributed by atoms with Crippen molar-refractivity contribution in [1.29, 1.82) is 0 Å². The minimum atomic E-state index is -4.47. The summed E-state index contributed by atoms with van der Waals surface area (Å²) in [6.45, 7) is 0.205. The summed E-state index contributed by atoms with van der Waals surface area (Å²) in [5.41, 5.74) is 1.81. The molecule has 0 saturated carbocycles. The van der Waals surface area contributed by atoms with E-state index in [0.29, 0.717) is 27.1 Å². The van der Waals surface area contributed by atoms with Crippen LogP contribution >= 0.6 is 11.6 Å². The molecule has 5 aromatic rings. The quantitative estimate of drug-likeness (QED) is 0.223.